The standard InChI is InChI=1S/C46H86N8O3/c1-13-17-19-21-23-25-29-56-53-43(5,6)31-36(32-44(53,7)8)38(27-15-3)48-41-50-40(47-35-55)51-42(52-41)49-39(28-16-4)37-33-45(9,10)54(46(11,12)34-37)57-30-26-24-22-20-18-14-2/h36-39H,13-34H2,1-12H3,(H2,48,49,50,51,52). The molecule has 328 valence electrons. The predicted molar refractivity (Wildman–Crippen MR) is 236 cm³/mol. The van der Waals surface area contributed by atoms with E-state index < -0.39 is 0 Å². The largest absolute Gasteiger partial charge is 0.351 e. The van der Waals surface area contributed by atoms with E-state index in [0.29, 0.717) is 23.7 Å². The number of hydrogen-bond acceptors (Lipinski definition) is 11. The highest BCUT2D eigenvalue weighted by atomic mass is 16.7. The van der Waals surface area contributed by atoms with E-state index in [9.17, 15) is 4.79 Å². The van der Waals surface area contributed by atoms with E-state index in [1.807, 2.05) is 0 Å². The summed E-state index contributed by atoms with van der Waals surface area (Å²) < 4.78 is 0. The number of rotatable bonds is 27. The Labute approximate surface area is 349 Å². The maximum Gasteiger partial charge on any atom is 0.267 e. The van der Waals surface area contributed by atoms with Crippen LogP contribution < -0.4 is 10.6 Å². The molecule has 0 radical (unpaired) electrons. The van der Waals surface area contributed by atoms with Gasteiger partial charge in [0.1, 0.15) is 0 Å². The fourth-order valence-electron chi connectivity index (χ4n) is 10.4. The maximum atomic E-state index is 11.5. The maximum absolute atomic E-state index is 11.5. The summed E-state index contributed by atoms with van der Waals surface area (Å²) in [7, 11) is 0. The van der Waals surface area contributed by atoms with E-state index in [2.05, 4.69) is 119 Å². The van der Waals surface area contributed by atoms with Crippen LogP contribution in [0.5, 0.6) is 0 Å². The summed E-state index contributed by atoms with van der Waals surface area (Å²) >= 11 is 0. The van der Waals surface area contributed by atoms with Crippen LogP contribution in [0.4, 0.5) is 17.8 Å². The Hall–Kier alpha value is -2.17. The number of aromatic nitrogens is 3. The number of anilines is 2. The molecule has 2 aliphatic rings. The Morgan fingerprint density at radius 3 is 1.26 bits per heavy atom. The Kier molecular flexibility index (Phi) is 20.3. The van der Waals surface area contributed by atoms with Crippen LogP contribution in [-0.4, -0.2) is 78.6 Å². The first-order chi connectivity index (χ1) is 27.0. The van der Waals surface area contributed by atoms with Gasteiger partial charge in [-0.15, -0.1) is 4.99 Å². The van der Waals surface area contributed by atoms with Crippen LogP contribution in [0.25, 0.3) is 0 Å². The number of nitrogens with one attached hydrogen (secondary N) is 2. The summed E-state index contributed by atoms with van der Waals surface area (Å²) in [5.74, 6) is 1.70. The fourth-order valence-corrected chi connectivity index (χ4v) is 10.4. The van der Waals surface area contributed by atoms with Crippen molar-refractivity contribution in [1.82, 2.24) is 25.1 Å². The Bertz CT molecular complexity index is 1220. The zero-order valence-electron chi connectivity index (χ0n) is 38.8. The minimum Gasteiger partial charge on any atom is -0.351 e. The predicted octanol–water partition coefficient (Wildman–Crippen LogP) is 12.1. The molecule has 2 N–H and O–H groups in total. The summed E-state index contributed by atoms with van der Waals surface area (Å²) in [5.41, 5.74) is -0.592. The third-order valence-electron chi connectivity index (χ3n) is 12.4. The van der Waals surface area contributed by atoms with Crippen molar-refractivity contribution in [1.29, 1.82) is 0 Å². The van der Waals surface area contributed by atoms with Gasteiger partial charge in [-0.1, -0.05) is 105 Å². The van der Waals surface area contributed by atoms with Crippen LogP contribution in [0.15, 0.2) is 4.99 Å². The molecule has 3 heterocycles. The summed E-state index contributed by atoms with van der Waals surface area (Å²) in [6, 6.07) is 0.262. The van der Waals surface area contributed by atoms with Gasteiger partial charge in [0.2, 0.25) is 18.0 Å². The summed E-state index contributed by atoms with van der Waals surface area (Å²) in [5, 5.41) is 12.0. The lowest BCUT2D eigenvalue weighted by atomic mass is 9.71. The van der Waals surface area contributed by atoms with Gasteiger partial charge in [0.05, 0.1) is 13.2 Å². The van der Waals surface area contributed by atoms with Gasteiger partial charge in [-0.3, -0.25) is 9.68 Å². The van der Waals surface area contributed by atoms with E-state index in [-0.39, 0.29) is 40.2 Å². The molecule has 0 amide bonds. The number of aliphatic imine (C=N–C) groups is 1. The molecule has 0 aromatic carbocycles. The molecule has 11 heteroatoms. The molecule has 3 rings (SSSR count). The third-order valence-corrected chi connectivity index (χ3v) is 12.4. The number of hydrogen-bond donors (Lipinski definition) is 2. The Balaban J connectivity index is 1.76. The number of hydroxylamine groups is 4. The molecule has 0 bridgehead atoms. The van der Waals surface area contributed by atoms with Crippen molar-refractivity contribution in [2.75, 3.05) is 23.8 Å². The molecule has 11 nitrogen and oxygen atoms in total. The van der Waals surface area contributed by atoms with Gasteiger partial charge in [0.15, 0.2) is 0 Å². The minimum atomic E-state index is -0.148. The molecule has 0 spiro atoms. The molecule has 0 aliphatic carbocycles. The first-order valence-corrected chi connectivity index (χ1v) is 23.3. The summed E-state index contributed by atoms with van der Waals surface area (Å²) in [6.45, 7) is 29.0. The second-order valence-electron chi connectivity index (χ2n) is 19.9. The zero-order valence-corrected chi connectivity index (χ0v) is 38.8. The van der Waals surface area contributed by atoms with Crippen molar-refractivity contribution >= 4 is 23.9 Å². The second-order valence-corrected chi connectivity index (χ2v) is 19.9. The lowest BCUT2D eigenvalue weighted by molar-refractivity contribution is -0.289. The van der Waals surface area contributed by atoms with Crippen LogP contribution in [0.2, 0.25) is 0 Å². The average molecular weight is 799 g/mol. The lowest BCUT2D eigenvalue weighted by Crippen LogP contribution is -2.62. The highest BCUT2D eigenvalue weighted by molar-refractivity contribution is 5.46. The van der Waals surface area contributed by atoms with E-state index >= 15 is 0 Å². The zero-order chi connectivity index (χ0) is 42.1. The quantitative estimate of drug-likeness (QED) is 0.0506. The third kappa shape index (κ3) is 15.4. The van der Waals surface area contributed by atoms with Gasteiger partial charge in [0, 0.05) is 34.2 Å². The van der Waals surface area contributed by atoms with E-state index in [4.69, 9.17) is 14.7 Å². The summed E-state index contributed by atoms with van der Waals surface area (Å²) in [6.07, 6.45) is 24.6. The molecule has 2 aliphatic heterocycles. The second kappa shape index (κ2) is 23.6. The lowest BCUT2D eigenvalue weighted by Gasteiger charge is -2.55. The number of piperidine rings is 2. The molecule has 2 unspecified atom stereocenters. The van der Waals surface area contributed by atoms with Crippen molar-refractivity contribution in [3.63, 3.8) is 0 Å². The van der Waals surface area contributed by atoms with E-state index in [1.165, 1.54) is 64.2 Å². The van der Waals surface area contributed by atoms with Crippen LogP contribution in [0.1, 0.15) is 212 Å². The van der Waals surface area contributed by atoms with Crippen molar-refractivity contribution in [2.24, 2.45) is 16.8 Å². The van der Waals surface area contributed by atoms with Crippen molar-refractivity contribution in [3.8, 4) is 0 Å². The van der Waals surface area contributed by atoms with E-state index in [1.54, 1.807) is 6.08 Å². The minimum absolute atomic E-state index is 0.0765. The van der Waals surface area contributed by atoms with Crippen molar-refractivity contribution in [2.45, 2.75) is 246 Å². The molecule has 1 aromatic heterocycles. The highest BCUT2D eigenvalue weighted by Crippen LogP contribution is 2.45. The molecular formula is C46H86N8O3. The smallest absolute Gasteiger partial charge is 0.267 e. The van der Waals surface area contributed by atoms with Crippen LogP contribution in [-0.2, 0) is 14.5 Å². The van der Waals surface area contributed by atoms with Gasteiger partial charge in [-0.05, 0) is 119 Å². The number of nitrogens with zero attached hydrogens (tertiary/aromatic N) is 6. The van der Waals surface area contributed by atoms with Crippen LogP contribution in [0.3, 0.4) is 0 Å². The van der Waals surface area contributed by atoms with Gasteiger partial charge in [-0.25, -0.2) is 4.79 Å². The molecule has 0 saturated carbocycles. The van der Waals surface area contributed by atoms with Crippen molar-refractivity contribution < 1.29 is 14.5 Å². The average Bonchev–Trinajstić information content (AvgIpc) is 3.11. The molecule has 2 saturated heterocycles. The van der Waals surface area contributed by atoms with Gasteiger partial charge in [0.25, 0.3) is 5.95 Å². The molecule has 1 aromatic rings. The van der Waals surface area contributed by atoms with Gasteiger partial charge < -0.3 is 10.6 Å². The number of carbonyl (C=O) groups excluding carboxylic acids is 1. The number of unbranched alkanes of at least 4 members (excludes halogenated alkanes) is 10. The first-order valence-electron chi connectivity index (χ1n) is 23.3. The first kappa shape index (κ1) is 49.2. The molecule has 2 atom stereocenters. The Morgan fingerprint density at radius 1 is 0.579 bits per heavy atom. The number of isocyanates is 1. The van der Waals surface area contributed by atoms with Gasteiger partial charge >= 0.3 is 0 Å². The molecule has 57 heavy (non-hydrogen) atoms. The van der Waals surface area contributed by atoms with Crippen LogP contribution >= 0.6 is 0 Å². The SMILES string of the molecule is CCCCCCCCON1C(C)(C)CC(C(CCC)Nc2nc(N=C=O)nc(NC(CCC)C3CC(C)(C)N(OCCCCCCCC)C(C)(C)C3)n2)CC1(C)C. The summed E-state index contributed by atoms with van der Waals surface area (Å²) in [4.78, 5) is 42.8. The van der Waals surface area contributed by atoms with Gasteiger partial charge in [-0.2, -0.15) is 25.1 Å². The van der Waals surface area contributed by atoms with E-state index in [0.717, 1.165) is 77.4 Å². The normalized spacial score (nSPS) is 20.8. The topological polar surface area (TPSA) is 117 Å². The fraction of sp³-hybridized carbons (Fsp3) is 0.913. The Morgan fingerprint density at radius 2 is 0.930 bits per heavy atom. The molecular weight excluding hydrogens is 713 g/mol. The monoisotopic (exact) mass is 799 g/mol. The highest BCUT2D eigenvalue weighted by Gasteiger charge is 2.49. The molecule has 2 fully saturated rings. The van der Waals surface area contributed by atoms with Crippen LogP contribution in [0, 0.1) is 11.8 Å². The van der Waals surface area contributed by atoms with Crippen molar-refractivity contribution in [3.05, 3.63) is 0 Å².